The number of benzene rings is 1. The Balaban J connectivity index is 1.82. The highest BCUT2D eigenvalue weighted by Gasteiger charge is 2.10. The van der Waals surface area contributed by atoms with E-state index in [1.165, 1.54) is 40.9 Å². The minimum Gasteiger partial charge on any atom is -0.487 e. The van der Waals surface area contributed by atoms with Crippen LogP contribution in [0.4, 0.5) is 4.39 Å². The minimum atomic E-state index is -0.632. The van der Waals surface area contributed by atoms with Gasteiger partial charge in [0, 0.05) is 23.2 Å². The van der Waals surface area contributed by atoms with E-state index in [1.54, 1.807) is 0 Å². The summed E-state index contributed by atoms with van der Waals surface area (Å²) in [5.74, 6) is -0.702. The van der Waals surface area contributed by atoms with E-state index in [1.807, 2.05) is 12.3 Å². The van der Waals surface area contributed by atoms with Crippen LogP contribution in [0, 0.1) is 12.7 Å². The molecule has 2 aromatic heterocycles. The van der Waals surface area contributed by atoms with Crippen molar-refractivity contribution in [1.82, 2.24) is 9.38 Å². The average molecular weight is 332 g/mol. The number of ketones is 1. The molecule has 0 unspecified atom stereocenters. The number of aryl methyl sites for hydroxylation is 1. The van der Waals surface area contributed by atoms with Gasteiger partial charge in [0.15, 0.2) is 10.7 Å². The van der Waals surface area contributed by atoms with Gasteiger partial charge in [-0.2, -0.15) is 0 Å². The van der Waals surface area contributed by atoms with Crippen molar-refractivity contribution < 1.29 is 13.9 Å². The lowest BCUT2D eigenvalue weighted by molar-refractivity contribution is 0.101. The maximum atomic E-state index is 13.7. The summed E-state index contributed by atoms with van der Waals surface area (Å²) in [6, 6.07) is 5.44. The Labute approximate surface area is 135 Å². The van der Waals surface area contributed by atoms with E-state index in [-0.39, 0.29) is 29.3 Å². The lowest BCUT2D eigenvalue weighted by atomic mass is 10.1. The third-order valence-electron chi connectivity index (χ3n) is 3.34. The van der Waals surface area contributed by atoms with Crippen LogP contribution in [0.2, 0.25) is 0 Å². The highest BCUT2D eigenvalue weighted by Crippen LogP contribution is 2.18. The number of thiazole rings is 1. The summed E-state index contributed by atoms with van der Waals surface area (Å²) >= 11 is 1.37. The van der Waals surface area contributed by atoms with Crippen LogP contribution in [-0.2, 0) is 6.61 Å². The van der Waals surface area contributed by atoms with Gasteiger partial charge in [-0.1, -0.05) is 0 Å². The predicted molar refractivity (Wildman–Crippen MR) is 84.8 cm³/mol. The summed E-state index contributed by atoms with van der Waals surface area (Å²) in [5.41, 5.74) is 1.14. The molecule has 0 saturated carbocycles. The minimum absolute atomic E-state index is 0.0178. The average Bonchev–Trinajstić information content (AvgIpc) is 2.86. The number of aromatic nitrogens is 2. The highest BCUT2D eigenvalue weighted by atomic mass is 32.1. The summed E-state index contributed by atoms with van der Waals surface area (Å²) in [5, 5.41) is 1.85. The molecule has 0 aliphatic carbocycles. The second-order valence-corrected chi connectivity index (χ2v) is 5.90. The van der Waals surface area contributed by atoms with E-state index < -0.39 is 5.82 Å². The molecule has 118 valence electrons. The van der Waals surface area contributed by atoms with Gasteiger partial charge < -0.3 is 4.74 Å². The Bertz CT molecular complexity index is 962. The zero-order chi connectivity index (χ0) is 16.6. The van der Waals surface area contributed by atoms with Gasteiger partial charge in [-0.15, -0.1) is 11.3 Å². The normalized spacial score (nSPS) is 10.9. The van der Waals surface area contributed by atoms with E-state index in [0.717, 1.165) is 11.8 Å². The quantitative estimate of drug-likeness (QED) is 0.689. The SMILES string of the molecule is CC(=O)c1ccc(OCc2cc(=O)n3c(C)csc3n2)cc1F. The Morgan fingerprint density at radius 2 is 2.17 bits per heavy atom. The molecule has 1 aromatic carbocycles. The molecular weight excluding hydrogens is 319 g/mol. The number of hydrogen-bond donors (Lipinski definition) is 0. The van der Waals surface area contributed by atoms with Crippen LogP contribution in [0.5, 0.6) is 5.75 Å². The molecule has 3 aromatic rings. The van der Waals surface area contributed by atoms with E-state index in [9.17, 15) is 14.0 Å². The molecule has 5 nitrogen and oxygen atoms in total. The zero-order valence-corrected chi connectivity index (χ0v) is 13.3. The van der Waals surface area contributed by atoms with Gasteiger partial charge in [-0.25, -0.2) is 9.37 Å². The van der Waals surface area contributed by atoms with Crippen LogP contribution in [-0.4, -0.2) is 15.2 Å². The van der Waals surface area contributed by atoms with Crippen LogP contribution in [0.1, 0.15) is 28.7 Å². The molecule has 3 rings (SSSR count). The second-order valence-electron chi connectivity index (χ2n) is 5.07. The van der Waals surface area contributed by atoms with Crippen molar-refractivity contribution in [1.29, 1.82) is 0 Å². The Hall–Kier alpha value is -2.54. The van der Waals surface area contributed by atoms with Crippen LogP contribution >= 0.6 is 11.3 Å². The molecule has 0 amide bonds. The van der Waals surface area contributed by atoms with Crippen molar-refractivity contribution in [2.45, 2.75) is 20.5 Å². The van der Waals surface area contributed by atoms with Crippen molar-refractivity contribution in [2.75, 3.05) is 0 Å². The van der Waals surface area contributed by atoms with Crippen molar-refractivity contribution in [3.63, 3.8) is 0 Å². The van der Waals surface area contributed by atoms with Crippen LogP contribution in [0.15, 0.2) is 34.4 Å². The summed E-state index contributed by atoms with van der Waals surface area (Å²) in [7, 11) is 0. The van der Waals surface area contributed by atoms with Gasteiger partial charge in [0.25, 0.3) is 5.56 Å². The van der Waals surface area contributed by atoms with Crippen LogP contribution in [0.3, 0.4) is 0 Å². The predicted octanol–water partition coefficient (Wildman–Crippen LogP) is 2.99. The molecule has 0 atom stereocenters. The van der Waals surface area contributed by atoms with E-state index in [2.05, 4.69) is 4.98 Å². The molecule has 0 fully saturated rings. The molecule has 0 aliphatic rings. The first-order valence-electron chi connectivity index (χ1n) is 6.86. The number of Topliss-reactive ketones (excluding diaryl/α,β-unsaturated/α-hetero) is 1. The summed E-state index contributed by atoms with van der Waals surface area (Å²) in [4.78, 5) is 28.2. The fraction of sp³-hybridized carbons (Fsp3) is 0.188. The third kappa shape index (κ3) is 3.00. The van der Waals surface area contributed by atoms with E-state index in [0.29, 0.717) is 10.7 Å². The van der Waals surface area contributed by atoms with Crippen LogP contribution < -0.4 is 10.3 Å². The second kappa shape index (κ2) is 5.92. The molecule has 23 heavy (non-hydrogen) atoms. The van der Waals surface area contributed by atoms with Crippen LogP contribution in [0.25, 0.3) is 4.96 Å². The van der Waals surface area contributed by atoms with Gasteiger partial charge in [0.05, 0.1) is 11.3 Å². The monoisotopic (exact) mass is 332 g/mol. The topological polar surface area (TPSA) is 60.7 Å². The number of fused-ring (bicyclic) bond motifs is 1. The molecule has 7 heteroatoms. The fourth-order valence-electron chi connectivity index (χ4n) is 2.20. The van der Waals surface area contributed by atoms with E-state index in [4.69, 9.17) is 4.74 Å². The Morgan fingerprint density at radius 1 is 1.39 bits per heavy atom. The first-order valence-corrected chi connectivity index (χ1v) is 7.74. The highest BCUT2D eigenvalue weighted by molar-refractivity contribution is 7.15. The largest absolute Gasteiger partial charge is 0.487 e. The van der Waals surface area contributed by atoms with Crippen molar-refractivity contribution >= 4 is 22.1 Å². The number of nitrogens with zero attached hydrogens (tertiary/aromatic N) is 2. The van der Waals surface area contributed by atoms with Gasteiger partial charge in [0.1, 0.15) is 18.2 Å². The Kier molecular flexibility index (Phi) is 3.96. The summed E-state index contributed by atoms with van der Waals surface area (Å²) in [6.07, 6.45) is 0. The molecule has 0 saturated heterocycles. The van der Waals surface area contributed by atoms with Crippen molar-refractivity contribution in [2.24, 2.45) is 0 Å². The number of carbonyl (C=O) groups excluding carboxylic acids is 1. The number of hydrogen-bond acceptors (Lipinski definition) is 5. The molecule has 0 N–H and O–H groups in total. The molecule has 0 aliphatic heterocycles. The number of ether oxygens (including phenoxy) is 1. The summed E-state index contributed by atoms with van der Waals surface area (Å²) in [6.45, 7) is 3.18. The maximum absolute atomic E-state index is 13.7. The van der Waals surface area contributed by atoms with Gasteiger partial charge >= 0.3 is 0 Å². The third-order valence-corrected chi connectivity index (χ3v) is 4.28. The van der Waals surface area contributed by atoms with Gasteiger partial charge in [0.2, 0.25) is 0 Å². The zero-order valence-electron chi connectivity index (χ0n) is 12.5. The number of rotatable bonds is 4. The standard InChI is InChI=1S/C16H13FN2O3S/c1-9-8-23-16-18-11(5-15(21)19(9)16)7-22-12-3-4-13(10(2)20)14(17)6-12/h3-6,8H,7H2,1-2H3. The van der Waals surface area contributed by atoms with E-state index >= 15 is 0 Å². The maximum Gasteiger partial charge on any atom is 0.259 e. The first kappa shape index (κ1) is 15.4. The molecular formula is C16H13FN2O3S. The molecule has 0 bridgehead atoms. The number of halogens is 1. The first-order chi connectivity index (χ1) is 11.0. The lowest BCUT2D eigenvalue weighted by Crippen LogP contribution is -2.16. The molecule has 0 radical (unpaired) electrons. The smallest absolute Gasteiger partial charge is 0.259 e. The summed E-state index contributed by atoms with van der Waals surface area (Å²) < 4.78 is 20.7. The molecule has 0 spiro atoms. The van der Waals surface area contributed by atoms with Gasteiger partial charge in [-0.05, 0) is 26.0 Å². The Morgan fingerprint density at radius 3 is 2.87 bits per heavy atom. The molecule has 2 heterocycles. The number of carbonyl (C=O) groups is 1. The van der Waals surface area contributed by atoms with Crippen molar-refractivity contribution in [3.05, 3.63) is 62.8 Å². The van der Waals surface area contributed by atoms with Crippen molar-refractivity contribution in [3.8, 4) is 5.75 Å². The van der Waals surface area contributed by atoms with Gasteiger partial charge in [-0.3, -0.25) is 14.0 Å². The fourth-order valence-corrected chi connectivity index (χ4v) is 3.09. The lowest BCUT2D eigenvalue weighted by Gasteiger charge is -2.07.